The minimum atomic E-state index is 0.146. The lowest BCUT2D eigenvalue weighted by Crippen LogP contribution is -2.48. The molecule has 0 radical (unpaired) electrons. The molecule has 0 spiro atoms. The molecule has 1 saturated heterocycles. The highest BCUT2D eigenvalue weighted by molar-refractivity contribution is 5.99. The van der Waals surface area contributed by atoms with Crippen molar-refractivity contribution in [2.45, 2.75) is 19.9 Å². The summed E-state index contributed by atoms with van der Waals surface area (Å²) in [5.74, 6) is 0.779. The fourth-order valence-corrected chi connectivity index (χ4v) is 4.85. The number of fused-ring (bicyclic) bond motifs is 2. The number of aromatic nitrogens is 5. The quantitative estimate of drug-likeness (QED) is 0.355. The van der Waals surface area contributed by atoms with Crippen molar-refractivity contribution in [1.29, 1.82) is 0 Å². The molecule has 0 amide bonds. The maximum atomic E-state index is 10.1. The molecule has 6 rings (SSSR count). The molecule has 1 fully saturated rings. The van der Waals surface area contributed by atoms with Gasteiger partial charge in [-0.05, 0) is 44.2 Å². The molecule has 0 aliphatic carbocycles. The number of aromatic amines is 1. The van der Waals surface area contributed by atoms with Gasteiger partial charge < -0.3 is 20.3 Å². The van der Waals surface area contributed by atoms with Crippen LogP contribution in [0.15, 0.2) is 61.2 Å². The van der Waals surface area contributed by atoms with Crippen molar-refractivity contribution in [3.63, 3.8) is 0 Å². The van der Waals surface area contributed by atoms with Gasteiger partial charge in [0.25, 0.3) is 0 Å². The number of hydrogen-bond donors (Lipinski definition) is 3. The summed E-state index contributed by atoms with van der Waals surface area (Å²) in [6.45, 7) is 8.78. The molecule has 0 saturated carbocycles. The zero-order valence-corrected chi connectivity index (χ0v) is 19.8. The van der Waals surface area contributed by atoms with Crippen LogP contribution in [0.3, 0.4) is 0 Å². The fourth-order valence-electron chi connectivity index (χ4n) is 4.85. The van der Waals surface area contributed by atoms with Gasteiger partial charge in [0.2, 0.25) is 0 Å². The van der Waals surface area contributed by atoms with Crippen LogP contribution in [0.1, 0.15) is 13.8 Å². The largest absolute Gasteiger partial charge is 0.494 e. The molecule has 1 aliphatic rings. The highest BCUT2D eigenvalue weighted by Crippen LogP contribution is 2.33. The van der Waals surface area contributed by atoms with Gasteiger partial charge in [-0.15, -0.1) is 0 Å². The Balaban J connectivity index is 1.25. The number of rotatable bonds is 5. The molecule has 0 unspecified atom stereocenters. The lowest BCUT2D eigenvalue weighted by atomic mass is 10.1. The van der Waals surface area contributed by atoms with E-state index in [0.717, 1.165) is 53.9 Å². The van der Waals surface area contributed by atoms with Gasteiger partial charge in [-0.25, -0.2) is 14.5 Å². The topological polar surface area (TPSA) is 97.6 Å². The molecular formula is C26H28N8O. The lowest BCUT2D eigenvalue weighted by molar-refractivity contribution is 0.209. The van der Waals surface area contributed by atoms with Crippen LogP contribution < -0.4 is 10.2 Å². The van der Waals surface area contributed by atoms with E-state index in [0.29, 0.717) is 17.5 Å². The van der Waals surface area contributed by atoms with E-state index >= 15 is 0 Å². The molecule has 0 atom stereocenters. The number of nitrogens with one attached hydrogen (secondary N) is 2. The minimum Gasteiger partial charge on any atom is -0.494 e. The van der Waals surface area contributed by atoms with Crippen molar-refractivity contribution in [2.75, 3.05) is 36.4 Å². The number of nitrogens with zero attached hydrogens (tertiary/aromatic N) is 6. The van der Waals surface area contributed by atoms with Gasteiger partial charge in [0.05, 0.1) is 11.9 Å². The van der Waals surface area contributed by atoms with E-state index in [-0.39, 0.29) is 5.88 Å². The highest BCUT2D eigenvalue weighted by atomic mass is 16.3. The van der Waals surface area contributed by atoms with Crippen molar-refractivity contribution in [2.24, 2.45) is 0 Å². The summed E-state index contributed by atoms with van der Waals surface area (Å²) in [4.78, 5) is 17.0. The Bertz CT molecular complexity index is 1480. The second-order valence-corrected chi connectivity index (χ2v) is 9.18. The molecule has 35 heavy (non-hydrogen) atoms. The Labute approximate surface area is 203 Å². The van der Waals surface area contributed by atoms with E-state index in [2.05, 4.69) is 73.3 Å². The number of anilines is 3. The maximum Gasteiger partial charge on any atom is 0.199 e. The smallest absolute Gasteiger partial charge is 0.199 e. The van der Waals surface area contributed by atoms with Gasteiger partial charge in [0, 0.05) is 66.1 Å². The van der Waals surface area contributed by atoms with Crippen molar-refractivity contribution >= 4 is 33.6 Å². The summed E-state index contributed by atoms with van der Waals surface area (Å²) >= 11 is 0. The van der Waals surface area contributed by atoms with Crippen LogP contribution in [0.4, 0.5) is 17.2 Å². The van der Waals surface area contributed by atoms with Crippen molar-refractivity contribution in [3.05, 3.63) is 61.2 Å². The zero-order valence-electron chi connectivity index (χ0n) is 19.8. The maximum absolute atomic E-state index is 10.1. The minimum absolute atomic E-state index is 0.146. The lowest BCUT2D eigenvalue weighted by Gasteiger charge is -2.38. The Kier molecular flexibility index (Phi) is 5.26. The summed E-state index contributed by atoms with van der Waals surface area (Å²) in [6.07, 6.45) is 5.10. The molecular weight excluding hydrogens is 440 g/mol. The average Bonchev–Trinajstić information content (AvgIpc) is 3.53. The number of hydrogen-bond acceptors (Lipinski definition) is 7. The standard InChI is InChI=1S/C26H28N8O/c1-17(2)32-10-12-33(13-11-32)19-8-6-18(7-9-19)31-24-25-29-16-30-34(25)23(15-27-24)20-4-3-5-21-22(20)14-28-26(21)35/h3-9,14-17,28,35H,10-13H2,1-2H3,(H,27,31). The summed E-state index contributed by atoms with van der Waals surface area (Å²) in [7, 11) is 0. The summed E-state index contributed by atoms with van der Waals surface area (Å²) in [6, 6.07) is 14.8. The molecule has 0 bridgehead atoms. The average molecular weight is 469 g/mol. The van der Waals surface area contributed by atoms with Gasteiger partial charge in [-0.2, -0.15) is 5.10 Å². The van der Waals surface area contributed by atoms with Crippen LogP contribution >= 0.6 is 0 Å². The van der Waals surface area contributed by atoms with Crippen LogP contribution in [0.5, 0.6) is 5.88 Å². The molecule has 9 nitrogen and oxygen atoms in total. The third-order valence-corrected chi connectivity index (χ3v) is 6.83. The molecule has 3 N–H and O–H groups in total. The van der Waals surface area contributed by atoms with E-state index in [1.54, 1.807) is 16.9 Å². The van der Waals surface area contributed by atoms with Crippen LogP contribution in [0.25, 0.3) is 27.7 Å². The van der Waals surface area contributed by atoms with E-state index < -0.39 is 0 Å². The van der Waals surface area contributed by atoms with Crippen LogP contribution in [-0.2, 0) is 0 Å². The van der Waals surface area contributed by atoms with Gasteiger partial charge in [-0.1, -0.05) is 12.1 Å². The summed E-state index contributed by atoms with van der Waals surface area (Å²) in [5, 5.41) is 19.6. The molecule has 4 heterocycles. The Morgan fingerprint density at radius 3 is 2.54 bits per heavy atom. The van der Waals surface area contributed by atoms with E-state index in [1.807, 2.05) is 18.2 Å². The van der Waals surface area contributed by atoms with Crippen LogP contribution in [0, 0.1) is 0 Å². The van der Waals surface area contributed by atoms with Gasteiger partial charge in [-0.3, -0.25) is 4.90 Å². The molecule has 3 aromatic heterocycles. The highest BCUT2D eigenvalue weighted by Gasteiger charge is 2.19. The monoisotopic (exact) mass is 468 g/mol. The Morgan fingerprint density at radius 2 is 1.77 bits per heavy atom. The van der Waals surface area contributed by atoms with Crippen LogP contribution in [0.2, 0.25) is 0 Å². The Hall–Kier alpha value is -4.11. The third kappa shape index (κ3) is 3.83. The van der Waals surface area contributed by atoms with Crippen molar-refractivity contribution in [1.82, 2.24) is 29.5 Å². The predicted molar refractivity (Wildman–Crippen MR) is 138 cm³/mol. The van der Waals surface area contributed by atoms with E-state index in [4.69, 9.17) is 0 Å². The summed E-state index contributed by atoms with van der Waals surface area (Å²) < 4.78 is 1.77. The number of benzene rings is 2. The van der Waals surface area contributed by atoms with Crippen molar-refractivity contribution < 1.29 is 5.11 Å². The fraction of sp³-hybridized carbons (Fsp3) is 0.269. The molecule has 9 heteroatoms. The van der Waals surface area contributed by atoms with Crippen molar-refractivity contribution in [3.8, 4) is 17.1 Å². The van der Waals surface area contributed by atoms with E-state index in [1.165, 1.54) is 12.0 Å². The van der Waals surface area contributed by atoms with Gasteiger partial charge in [0.1, 0.15) is 6.33 Å². The van der Waals surface area contributed by atoms with Gasteiger partial charge in [0.15, 0.2) is 17.3 Å². The molecule has 5 aromatic rings. The first-order valence-corrected chi connectivity index (χ1v) is 11.9. The number of piperazine rings is 1. The zero-order chi connectivity index (χ0) is 23.9. The predicted octanol–water partition coefficient (Wildman–Crippen LogP) is 4.25. The first-order valence-electron chi connectivity index (χ1n) is 11.9. The first kappa shape index (κ1) is 21.4. The molecule has 178 valence electrons. The van der Waals surface area contributed by atoms with E-state index in [9.17, 15) is 5.11 Å². The summed E-state index contributed by atoms with van der Waals surface area (Å²) in [5.41, 5.74) is 4.52. The number of H-pyrrole nitrogens is 1. The van der Waals surface area contributed by atoms with Crippen LogP contribution in [-0.4, -0.2) is 66.8 Å². The normalized spacial score (nSPS) is 14.9. The van der Waals surface area contributed by atoms with Gasteiger partial charge >= 0.3 is 0 Å². The first-order chi connectivity index (χ1) is 17.1. The Morgan fingerprint density at radius 1 is 0.971 bits per heavy atom. The SMILES string of the molecule is CC(C)N1CCN(c2ccc(Nc3ncc(-c4cccc5c(O)[nH]cc45)n4ncnc34)cc2)CC1. The number of aromatic hydroxyl groups is 1. The molecule has 1 aliphatic heterocycles. The second kappa shape index (κ2) is 8.59. The third-order valence-electron chi connectivity index (χ3n) is 6.83. The molecule has 2 aromatic carbocycles. The second-order valence-electron chi connectivity index (χ2n) is 9.18.